The van der Waals surface area contributed by atoms with Crippen LogP contribution in [0.25, 0.3) is 0 Å². The van der Waals surface area contributed by atoms with Crippen LogP contribution in [0.1, 0.15) is 39.2 Å². The van der Waals surface area contributed by atoms with Crippen LogP contribution in [0.15, 0.2) is 18.2 Å². The number of likely N-dealkylation sites (tertiary alicyclic amines) is 1. The first-order valence-electron chi connectivity index (χ1n) is 9.76. The molecule has 7 nitrogen and oxygen atoms in total. The molecule has 0 radical (unpaired) electrons. The van der Waals surface area contributed by atoms with E-state index in [-0.39, 0.29) is 22.8 Å². The molecule has 0 atom stereocenters. The van der Waals surface area contributed by atoms with Gasteiger partial charge in [0.15, 0.2) is 0 Å². The molecule has 156 valence electrons. The van der Waals surface area contributed by atoms with E-state index in [2.05, 4.69) is 19.6 Å². The van der Waals surface area contributed by atoms with Crippen molar-refractivity contribution in [2.24, 2.45) is 0 Å². The molecule has 8 heteroatoms. The summed E-state index contributed by atoms with van der Waals surface area (Å²) >= 11 is 0. The van der Waals surface area contributed by atoms with E-state index in [9.17, 15) is 14.9 Å². The lowest BCUT2D eigenvalue weighted by molar-refractivity contribution is -0.385. The van der Waals surface area contributed by atoms with Gasteiger partial charge in [0.1, 0.15) is 17.5 Å². The first kappa shape index (κ1) is 22.2. The molecule has 0 N–H and O–H groups in total. The normalized spacial score (nSPS) is 16.0. The molecule has 1 aliphatic rings. The van der Waals surface area contributed by atoms with Crippen LogP contribution in [0, 0.1) is 10.1 Å². The van der Waals surface area contributed by atoms with E-state index in [1.54, 1.807) is 17.0 Å². The highest BCUT2D eigenvalue weighted by atomic mass is 28.3. The third-order valence-electron chi connectivity index (χ3n) is 4.36. The maximum atomic E-state index is 12.2. The average molecular weight is 409 g/mol. The van der Waals surface area contributed by atoms with Crippen molar-refractivity contribution in [2.75, 3.05) is 13.1 Å². The summed E-state index contributed by atoms with van der Waals surface area (Å²) in [6.07, 6.45) is 1.11. The summed E-state index contributed by atoms with van der Waals surface area (Å²) in [5.74, 6) is 0.662. The SMILES string of the molecule is CC(C)(C)OC(=O)N1CCC(Oc2ccc([N+](=O)[O-])c(C[Si](C)(C)C)c2)CC1. The number of nitro groups is 1. The number of nitrogens with zero attached hydrogens (tertiary/aromatic N) is 2. The molecule has 1 aromatic rings. The first-order valence-corrected chi connectivity index (χ1v) is 13.5. The summed E-state index contributed by atoms with van der Waals surface area (Å²) in [5, 5.41) is 11.3. The van der Waals surface area contributed by atoms with E-state index in [0.29, 0.717) is 31.7 Å². The third kappa shape index (κ3) is 6.81. The Balaban J connectivity index is 2.00. The molecule has 0 aliphatic carbocycles. The predicted molar refractivity (Wildman–Crippen MR) is 112 cm³/mol. The third-order valence-corrected chi connectivity index (χ3v) is 5.81. The van der Waals surface area contributed by atoms with Crippen LogP contribution in [0.5, 0.6) is 5.75 Å². The fourth-order valence-electron chi connectivity index (χ4n) is 3.20. The molecular formula is C20H32N2O5Si. The van der Waals surface area contributed by atoms with Gasteiger partial charge in [-0.3, -0.25) is 10.1 Å². The lowest BCUT2D eigenvalue weighted by Crippen LogP contribution is -2.44. The summed E-state index contributed by atoms with van der Waals surface area (Å²) in [7, 11) is -1.51. The van der Waals surface area contributed by atoms with Gasteiger partial charge in [-0.1, -0.05) is 19.6 Å². The minimum atomic E-state index is -1.51. The second-order valence-corrected chi connectivity index (χ2v) is 15.0. The van der Waals surface area contributed by atoms with Gasteiger partial charge in [0.2, 0.25) is 0 Å². The number of rotatable bonds is 5. The Bertz CT molecular complexity index is 716. The van der Waals surface area contributed by atoms with Crippen molar-refractivity contribution < 1.29 is 19.2 Å². The van der Waals surface area contributed by atoms with Crippen molar-refractivity contribution in [3.8, 4) is 5.75 Å². The highest BCUT2D eigenvalue weighted by molar-refractivity contribution is 6.75. The fraction of sp³-hybridized carbons (Fsp3) is 0.650. The highest BCUT2D eigenvalue weighted by Gasteiger charge is 2.28. The zero-order chi connectivity index (χ0) is 21.1. The van der Waals surface area contributed by atoms with Crippen LogP contribution in [0.3, 0.4) is 0 Å². The van der Waals surface area contributed by atoms with Gasteiger partial charge in [-0.25, -0.2) is 4.79 Å². The van der Waals surface area contributed by atoms with E-state index >= 15 is 0 Å². The first-order chi connectivity index (χ1) is 12.8. The van der Waals surface area contributed by atoms with Crippen molar-refractivity contribution in [1.82, 2.24) is 4.90 Å². The topological polar surface area (TPSA) is 81.9 Å². The second kappa shape index (κ2) is 8.51. The number of carbonyl (C=O) groups is 1. The smallest absolute Gasteiger partial charge is 0.410 e. The molecule has 1 fully saturated rings. The molecule has 1 amide bonds. The molecule has 1 saturated heterocycles. The number of nitro benzene ring substituents is 1. The number of hydrogen-bond acceptors (Lipinski definition) is 5. The molecule has 1 aromatic carbocycles. The molecule has 1 heterocycles. The average Bonchev–Trinajstić information content (AvgIpc) is 2.52. The van der Waals surface area contributed by atoms with Gasteiger partial charge in [-0.15, -0.1) is 0 Å². The molecule has 1 aliphatic heterocycles. The largest absolute Gasteiger partial charge is 0.490 e. The van der Waals surface area contributed by atoms with Crippen molar-refractivity contribution in [3.05, 3.63) is 33.9 Å². The van der Waals surface area contributed by atoms with Crippen LogP contribution >= 0.6 is 0 Å². The molecule has 28 heavy (non-hydrogen) atoms. The van der Waals surface area contributed by atoms with Gasteiger partial charge in [0.25, 0.3) is 5.69 Å². The molecule has 0 saturated carbocycles. The van der Waals surface area contributed by atoms with E-state index in [0.717, 1.165) is 11.6 Å². The highest BCUT2D eigenvalue weighted by Crippen LogP contribution is 2.29. The standard InChI is InChI=1S/C20H32N2O5Si/c1-20(2,3)27-19(23)21-11-9-16(10-12-21)26-17-7-8-18(22(24)25)15(13-17)14-28(4,5)6/h7-8,13,16H,9-12,14H2,1-6H3. The Morgan fingerprint density at radius 3 is 2.36 bits per heavy atom. The Labute approximate surface area is 168 Å². The number of ether oxygens (including phenoxy) is 2. The lowest BCUT2D eigenvalue weighted by atomic mass is 10.1. The van der Waals surface area contributed by atoms with E-state index in [1.165, 1.54) is 0 Å². The van der Waals surface area contributed by atoms with Crippen LogP contribution in [-0.2, 0) is 10.8 Å². The number of amides is 1. The summed E-state index contributed by atoms with van der Waals surface area (Å²) in [4.78, 5) is 24.9. The monoisotopic (exact) mass is 408 g/mol. The van der Waals surface area contributed by atoms with E-state index < -0.39 is 13.7 Å². The van der Waals surface area contributed by atoms with Gasteiger partial charge in [-0.05, 0) is 38.9 Å². The zero-order valence-corrected chi connectivity index (χ0v) is 18.8. The van der Waals surface area contributed by atoms with Gasteiger partial charge in [-0.2, -0.15) is 0 Å². The van der Waals surface area contributed by atoms with Crippen LogP contribution in [0.2, 0.25) is 19.6 Å². The Morgan fingerprint density at radius 1 is 1.25 bits per heavy atom. The van der Waals surface area contributed by atoms with Gasteiger partial charge in [0.05, 0.1) is 4.92 Å². The van der Waals surface area contributed by atoms with Crippen molar-refractivity contribution in [2.45, 2.75) is 71.0 Å². The van der Waals surface area contributed by atoms with Gasteiger partial charge >= 0.3 is 6.09 Å². The maximum Gasteiger partial charge on any atom is 0.410 e. The summed E-state index contributed by atoms with van der Waals surface area (Å²) in [5.41, 5.74) is 0.401. The van der Waals surface area contributed by atoms with Gasteiger partial charge in [0, 0.05) is 45.6 Å². The molecule has 0 aromatic heterocycles. The molecule has 0 unspecified atom stereocenters. The molecule has 0 bridgehead atoms. The molecular weight excluding hydrogens is 376 g/mol. The van der Waals surface area contributed by atoms with Crippen molar-refractivity contribution in [1.29, 1.82) is 0 Å². The quantitative estimate of drug-likeness (QED) is 0.397. The molecule has 2 rings (SSSR count). The maximum absolute atomic E-state index is 12.2. The van der Waals surface area contributed by atoms with Crippen LogP contribution in [-0.4, -0.2) is 48.8 Å². The minimum absolute atomic E-state index is 0.0140. The van der Waals surface area contributed by atoms with Gasteiger partial charge < -0.3 is 14.4 Å². The van der Waals surface area contributed by atoms with Crippen molar-refractivity contribution >= 4 is 19.9 Å². The lowest BCUT2D eigenvalue weighted by Gasteiger charge is -2.33. The zero-order valence-electron chi connectivity index (χ0n) is 17.8. The Kier molecular flexibility index (Phi) is 6.74. The number of carbonyl (C=O) groups excluding carboxylic acids is 1. The predicted octanol–water partition coefficient (Wildman–Crippen LogP) is 4.79. The number of piperidine rings is 1. The second-order valence-electron chi connectivity index (χ2n) is 9.57. The number of hydrogen-bond donors (Lipinski definition) is 0. The fourth-order valence-corrected chi connectivity index (χ4v) is 4.63. The molecule has 0 spiro atoms. The number of benzene rings is 1. The Morgan fingerprint density at radius 2 is 1.86 bits per heavy atom. The Hall–Kier alpha value is -2.09. The van der Waals surface area contributed by atoms with E-state index in [1.807, 2.05) is 26.8 Å². The minimum Gasteiger partial charge on any atom is -0.490 e. The summed E-state index contributed by atoms with van der Waals surface area (Å²) < 4.78 is 11.5. The van der Waals surface area contributed by atoms with Crippen molar-refractivity contribution in [3.63, 3.8) is 0 Å². The van der Waals surface area contributed by atoms with E-state index in [4.69, 9.17) is 9.47 Å². The van der Waals surface area contributed by atoms with Crippen LogP contribution in [0.4, 0.5) is 10.5 Å². The van der Waals surface area contributed by atoms with Crippen LogP contribution < -0.4 is 4.74 Å². The summed E-state index contributed by atoms with van der Waals surface area (Å²) in [6.45, 7) is 13.3. The summed E-state index contributed by atoms with van der Waals surface area (Å²) in [6, 6.07) is 5.76.